The van der Waals surface area contributed by atoms with Crippen molar-refractivity contribution in [3.8, 4) is 28.7 Å². The minimum absolute atomic E-state index is 0.446. The van der Waals surface area contributed by atoms with Gasteiger partial charge in [0.05, 0.1) is 14.2 Å². The fourth-order valence-electron chi connectivity index (χ4n) is 4.09. The minimum Gasteiger partial charge on any atom is -0.497 e. The quantitative estimate of drug-likeness (QED) is 0.550. The number of rotatable bonds is 8. The molecule has 2 N–H and O–H groups in total. The molecule has 0 amide bonds. The Labute approximate surface area is 183 Å². The number of methoxy groups -OCH3 is 2. The van der Waals surface area contributed by atoms with Crippen LogP contribution in [0.3, 0.4) is 0 Å². The maximum atomic E-state index is 6.32. The minimum atomic E-state index is 0.446. The highest BCUT2D eigenvalue weighted by Crippen LogP contribution is 2.41. The number of hydrogen-bond donors (Lipinski definition) is 1. The summed E-state index contributed by atoms with van der Waals surface area (Å²) in [6.07, 6.45) is 3.02. The molecule has 0 heterocycles. The van der Waals surface area contributed by atoms with Gasteiger partial charge in [0, 0.05) is 12.6 Å². The van der Waals surface area contributed by atoms with E-state index in [1.165, 1.54) is 16.7 Å². The zero-order valence-corrected chi connectivity index (χ0v) is 18.1. The largest absolute Gasteiger partial charge is 0.497 e. The third kappa shape index (κ3) is 4.94. The van der Waals surface area contributed by atoms with Crippen molar-refractivity contribution < 1.29 is 18.9 Å². The van der Waals surface area contributed by atoms with Gasteiger partial charge < -0.3 is 24.7 Å². The number of aryl methyl sites for hydroxylation is 1. The first-order chi connectivity index (χ1) is 15.2. The Balaban J connectivity index is 1.58. The summed E-state index contributed by atoms with van der Waals surface area (Å²) in [6.45, 7) is 0.986. The van der Waals surface area contributed by atoms with E-state index < -0.39 is 0 Å². The lowest BCUT2D eigenvalue weighted by atomic mass is 9.79. The standard InChI is InChI=1S/C26H29NO4/c1-28-21-7-5-18(6-8-21)19-3-4-20-15-24(29-2)17-26(25(20)16-19)31-23-11-9-22(10-12-23)30-14-13-27/h5-12,15,17,19H,3-4,13-14,16,27H2,1-2H3. The highest BCUT2D eigenvalue weighted by atomic mass is 16.5. The average molecular weight is 420 g/mol. The molecular weight excluding hydrogens is 390 g/mol. The zero-order chi connectivity index (χ0) is 21.6. The molecule has 0 saturated heterocycles. The lowest BCUT2D eigenvalue weighted by Crippen LogP contribution is -2.14. The van der Waals surface area contributed by atoms with E-state index in [-0.39, 0.29) is 0 Å². The third-order valence-electron chi connectivity index (χ3n) is 5.75. The van der Waals surface area contributed by atoms with Gasteiger partial charge >= 0.3 is 0 Å². The maximum Gasteiger partial charge on any atom is 0.134 e. The molecule has 5 heteroatoms. The van der Waals surface area contributed by atoms with Crippen LogP contribution in [0, 0.1) is 0 Å². The summed E-state index contributed by atoms with van der Waals surface area (Å²) in [5, 5.41) is 0. The lowest BCUT2D eigenvalue weighted by molar-refractivity contribution is 0.327. The molecule has 0 saturated carbocycles. The molecule has 5 nitrogen and oxygen atoms in total. The summed E-state index contributed by atoms with van der Waals surface area (Å²) in [7, 11) is 3.39. The molecule has 0 bridgehead atoms. The van der Waals surface area contributed by atoms with Crippen molar-refractivity contribution in [2.24, 2.45) is 5.73 Å². The first kappa shape index (κ1) is 21.1. The molecule has 1 atom stereocenters. The number of benzene rings is 3. The van der Waals surface area contributed by atoms with Crippen LogP contribution in [-0.2, 0) is 12.8 Å². The third-order valence-corrected chi connectivity index (χ3v) is 5.75. The smallest absolute Gasteiger partial charge is 0.134 e. The van der Waals surface area contributed by atoms with Gasteiger partial charge in [-0.2, -0.15) is 0 Å². The molecule has 0 radical (unpaired) electrons. The van der Waals surface area contributed by atoms with Crippen LogP contribution in [0.15, 0.2) is 60.7 Å². The molecule has 0 aromatic heterocycles. The van der Waals surface area contributed by atoms with Gasteiger partial charge in [0.25, 0.3) is 0 Å². The molecule has 1 aliphatic carbocycles. The van der Waals surface area contributed by atoms with Crippen molar-refractivity contribution in [1.29, 1.82) is 0 Å². The zero-order valence-electron chi connectivity index (χ0n) is 18.1. The summed E-state index contributed by atoms with van der Waals surface area (Å²) in [6, 6.07) is 20.1. The summed E-state index contributed by atoms with van der Waals surface area (Å²) < 4.78 is 22.7. The van der Waals surface area contributed by atoms with Crippen molar-refractivity contribution in [2.75, 3.05) is 27.4 Å². The fraction of sp³-hybridized carbons (Fsp3) is 0.308. The van der Waals surface area contributed by atoms with Gasteiger partial charge in [-0.1, -0.05) is 12.1 Å². The van der Waals surface area contributed by atoms with Crippen LogP contribution in [0.25, 0.3) is 0 Å². The average Bonchev–Trinajstić information content (AvgIpc) is 2.83. The van der Waals surface area contributed by atoms with E-state index in [0.717, 1.165) is 48.0 Å². The van der Waals surface area contributed by atoms with Crippen LogP contribution in [0.1, 0.15) is 29.0 Å². The predicted molar refractivity (Wildman–Crippen MR) is 122 cm³/mol. The van der Waals surface area contributed by atoms with Crippen molar-refractivity contribution >= 4 is 0 Å². The van der Waals surface area contributed by atoms with Gasteiger partial charge in [-0.05, 0) is 84.3 Å². The van der Waals surface area contributed by atoms with Gasteiger partial charge in [0.2, 0.25) is 0 Å². The Morgan fingerprint density at radius 1 is 0.839 bits per heavy atom. The predicted octanol–water partition coefficient (Wildman–Crippen LogP) is 5.11. The summed E-state index contributed by atoms with van der Waals surface area (Å²) in [4.78, 5) is 0. The number of ether oxygens (including phenoxy) is 4. The van der Waals surface area contributed by atoms with Crippen molar-refractivity contribution in [2.45, 2.75) is 25.2 Å². The van der Waals surface area contributed by atoms with Crippen LogP contribution in [0.4, 0.5) is 0 Å². The maximum absolute atomic E-state index is 6.32. The van der Waals surface area contributed by atoms with E-state index >= 15 is 0 Å². The topological polar surface area (TPSA) is 62.9 Å². The van der Waals surface area contributed by atoms with E-state index in [1.54, 1.807) is 14.2 Å². The van der Waals surface area contributed by atoms with E-state index in [1.807, 2.05) is 42.5 Å². The lowest BCUT2D eigenvalue weighted by Gasteiger charge is -2.27. The Morgan fingerprint density at radius 3 is 2.19 bits per heavy atom. The van der Waals surface area contributed by atoms with Crippen molar-refractivity contribution in [3.63, 3.8) is 0 Å². The number of hydrogen-bond acceptors (Lipinski definition) is 5. The van der Waals surface area contributed by atoms with Gasteiger partial charge in [-0.25, -0.2) is 0 Å². The molecular formula is C26H29NO4. The van der Waals surface area contributed by atoms with Crippen molar-refractivity contribution in [1.82, 2.24) is 0 Å². The second-order valence-corrected chi connectivity index (χ2v) is 7.69. The first-order valence-corrected chi connectivity index (χ1v) is 10.6. The highest BCUT2D eigenvalue weighted by Gasteiger charge is 2.24. The Kier molecular flexibility index (Phi) is 6.63. The van der Waals surface area contributed by atoms with Crippen LogP contribution < -0.4 is 24.7 Å². The number of fused-ring (bicyclic) bond motifs is 1. The summed E-state index contributed by atoms with van der Waals surface area (Å²) in [5.74, 6) is 4.55. The Bertz CT molecular complexity index is 999. The molecule has 1 unspecified atom stereocenters. The highest BCUT2D eigenvalue weighted by molar-refractivity contribution is 5.51. The molecule has 31 heavy (non-hydrogen) atoms. The molecule has 0 fully saturated rings. The van der Waals surface area contributed by atoms with Gasteiger partial charge in [0.1, 0.15) is 35.4 Å². The van der Waals surface area contributed by atoms with Gasteiger partial charge in [0.15, 0.2) is 0 Å². The normalized spacial score (nSPS) is 15.1. The monoisotopic (exact) mass is 419 g/mol. The Morgan fingerprint density at radius 2 is 1.52 bits per heavy atom. The molecule has 1 aliphatic rings. The SMILES string of the molecule is COc1ccc(C2CCc3cc(OC)cc(Oc4ccc(OCCN)cc4)c3C2)cc1. The van der Waals surface area contributed by atoms with Gasteiger partial charge in [-0.15, -0.1) is 0 Å². The molecule has 162 valence electrons. The molecule has 0 spiro atoms. The molecule has 0 aliphatic heterocycles. The Hall–Kier alpha value is -3.18. The van der Waals surface area contributed by atoms with Crippen molar-refractivity contribution in [3.05, 3.63) is 77.4 Å². The second kappa shape index (κ2) is 9.75. The summed E-state index contributed by atoms with van der Waals surface area (Å²) >= 11 is 0. The van der Waals surface area contributed by atoms with Crippen LogP contribution in [0.5, 0.6) is 28.7 Å². The van der Waals surface area contributed by atoms with E-state index in [0.29, 0.717) is 19.1 Å². The van der Waals surface area contributed by atoms with Crippen LogP contribution in [0.2, 0.25) is 0 Å². The van der Waals surface area contributed by atoms with E-state index in [4.69, 9.17) is 24.7 Å². The molecule has 3 aromatic carbocycles. The summed E-state index contributed by atoms with van der Waals surface area (Å²) in [5.41, 5.74) is 9.37. The van der Waals surface area contributed by atoms with Crippen LogP contribution in [-0.4, -0.2) is 27.4 Å². The van der Waals surface area contributed by atoms with E-state index in [2.05, 4.69) is 18.2 Å². The molecule has 4 rings (SSSR count). The second-order valence-electron chi connectivity index (χ2n) is 7.69. The number of nitrogens with two attached hydrogens (primary N) is 1. The van der Waals surface area contributed by atoms with E-state index in [9.17, 15) is 0 Å². The van der Waals surface area contributed by atoms with Gasteiger partial charge in [-0.3, -0.25) is 0 Å². The fourth-order valence-corrected chi connectivity index (χ4v) is 4.09. The van der Waals surface area contributed by atoms with Crippen LogP contribution >= 0.6 is 0 Å². The molecule has 3 aromatic rings. The first-order valence-electron chi connectivity index (χ1n) is 10.6.